The second-order valence-corrected chi connectivity index (χ2v) is 8.91. The topological polar surface area (TPSA) is 12.5 Å². The van der Waals surface area contributed by atoms with Crippen LogP contribution in [0.5, 0.6) is 5.75 Å². The monoisotopic (exact) mass is 437 g/mol. The lowest BCUT2D eigenvalue weighted by Crippen LogP contribution is -2.36. The number of nitrogens with zero attached hydrogens (tertiary/aromatic N) is 1. The smallest absolute Gasteiger partial charge is 0.119 e. The first-order chi connectivity index (χ1) is 16.8. The van der Waals surface area contributed by atoms with Crippen molar-refractivity contribution in [3.8, 4) is 16.9 Å². The van der Waals surface area contributed by atoms with Gasteiger partial charge in [0.1, 0.15) is 5.75 Å². The number of rotatable bonds is 2. The van der Waals surface area contributed by atoms with Gasteiger partial charge in [0.2, 0.25) is 0 Å². The molecule has 34 heavy (non-hydrogen) atoms. The van der Waals surface area contributed by atoms with Crippen molar-refractivity contribution >= 4 is 17.1 Å². The predicted molar refractivity (Wildman–Crippen MR) is 139 cm³/mol. The third-order valence-corrected chi connectivity index (χ3v) is 7.38. The van der Waals surface area contributed by atoms with E-state index in [9.17, 15) is 0 Å². The maximum absolute atomic E-state index is 5.43. The van der Waals surface area contributed by atoms with Crippen molar-refractivity contribution in [2.45, 2.75) is 5.41 Å². The van der Waals surface area contributed by atoms with E-state index in [-0.39, 0.29) is 5.41 Å². The molecule has 162 valence electrons. The molecule has 0 bridgehead atoms. The molecular formula is C32H23NO. The van der Waals surface area contributed by atoms with Gasteiger partial charge in [-0.05, 0) is 69.8 Å². The number of hydrogen-bond acceptors (Lipinski definition) is 2. The fourth-order valence-electron chi connectivity index (χ4n) is 6.07. The van der Waals surface area contributed by atoms with Crippen LogP contribution in [0.15, 0.2) is 121 Å². The molecule has 0 saturated carbocycles. The van der Waals surface area contributed by atoms with E-state index in [0.717, 1.165) is 11.4 Å². The maximum atomic E-state index is 5.43. The molecule has 1 heterocycles. The van der Waals surface area contributed by atoms with Crippen LogP contribution < -0.4 is 9.64 Å². The van der Waals surface area contributed by atoms with Crippen molar-refractivity contribution in [1.29, 1.82) is 0 Å². The van der Waals surface area contributed by atoms with E-state index in [1.807, 2.05) is 12.1 Å². The van der Waals surface area contributed by atoms with E-state index >= 15 is 0 Å². The summed E-state index contributed by atoms with van der Waals surface area (Å²) in [7, 11) is 1.71. The summed E-state index contributed by atoms with van der Waals surface area (Å²) < 4.78 is 5.43. The molecule has 0 N–H and O–H groups in total. The minimum absolute atomic E-state index is 0.358. The van der Waals surface area contributed by atoms with Gasteiger partial charge >= 0.3 is 0 Å². The van der Waals surface area contributed by atoms with Gasteiger partial charge in [-0.3, -0.25) is 0 Å². The number of benzene rings is 5. The van der Waals surface area contributed by atoms with Crippen LogP contribution in [0.25, 0.3) is 11.1 Å². The summed E-state index contributed by atoms with van der Waals surface area (Å²) >= 11 is 0. The summed E-state index contributed by atoms with van der Waals surface area (Å²) in [6.45, 7) is 0. The van der Waals surface area contributed by atoms with Crippen LogP contribution in [0.2, 0.25) is 0 Å². The van der Waals surface area contributed by atoms with Crippen molar-refractivity contribution in [2.24, 2.45) is 0 Å². The van der Waals surface area contributed by atoms with E-state index in [0.29, 0.717) is 0 Å². The molecule has 0 fully saturated rings. The van der Waals surface area contributed by atoms with Crippen molar-refractivity contribution < 1.29 is 4.74 Å². The largest absolute Gasteiger partial charge is 0.497 e. The van der Waals surface area contributed by atoms with Gasteiger partial charge in [-0.15, -0.1) is 0 Å². The average Bonchev–Trinajstić information content (AvgIpc) is 3.21. The van der Waals surface area contributed by atoms with Crippen LogP contribution in [0.3, 0.4) is 0 Å². The molecule has 0 atom stereocenters. The predicted octanol–water partition coefficient (Wildman–Crippen LogP) is 7.84. The zero-order chi connectivity index (χ0) is 22.7. The van der Waals surface area contributed by atoms with Crippen LogP contribution in [0, 0.1) is 0 Å². The SMILES string of the molecule is COc1ccc(N2c3ccccc3C3(c4ccccc4-c4ccccc43)c3ccccc32)cc1. The van der Waals surface area contributed by atoms with Crippen LogP contribution >= 0.6 is 0 Å². The quantitative estimate of drug-likeness (QED) is 0.273. The van der Waals surface area contributed by atoms with Gasteiger partial charge in [-0.2, -0.15) is 0 Å². The summed E-state index contributed by atoms with van der Waals surface area (Å²) in [4.78, 5) is 2.39. The summed E-state index contributed by atoms with van der Waals surface area (Å²) in [6.07, 6.45) is 0. The maximum Gasteiger partial charge on any atom is 0.119 e. The van der Waals surface area contributed by atoms with E-state index in [1.54, 1.807) is 7.11 Å². The summed E-state index contributed by atoms with van der Waals surface area (Å²) in [6, 6.07) is 43.9. The Morgan fingerprint density at radius 2 is 0.941 bits per heavy atom. The van der Waals surface area contributed by atoms with Crippen molar-refractivity contribution in [2.75, 3.05) is 12.0 Å². The standard InChI is InChI=1S/C32H23NO/c1-34-23-20-18-22(19-21-23)33-30-16-8-6-14-28(30)32(29-15-7-9-17-31(29)33)26-12-4-2-10-24(26)25-11-3-5-13-27(25)32/h2-21H,1H3. The molecule has 7 rings (SSSR count). The first-order valence-corrected chi connectivity index (χ1v) is 11.7. The molecule has 1 aliphatic carbocycles. The molecule has 5 aromatic rings. The lowest BCUT2D eigenvalue weighted by molar-refractivity contribution is 0.415. The number of hydrogen-bond donors (Lipinski definition) is 0. The Balaban J connectivity index is 1.61. The first-order valence-electron chi connectivity index (χ1n) is 11.7. The van der Waals surface area contributed by atoms with Crippen LogP contribution in [-0.4, -0.2) is 7.11 Å². The van der Waals surface area contributed by atoms with Crippen LogP contribution in [0.4, 0.5) is 17.1 Å². The Labute approximate surface area is 199 Å². The highest BCUT2D eigenvalue weighted by atomic mass is 16.5. The van der Waals surface area contributed by atoms with Crippen molar-refractivity contribution in [1.82, 2.24) is 0 Å². The molecule has 2 heteroatoms. The molecule has 0 saturated heterocycles. The Bertz CT molecular complexity index is 1450. The van der Waals surface area contributed by atoms with Crippen molar-refractivity contribution in [3.05, 3.63) is 144 Å². The van der Waals surface area contributed by atoms with Gasteiger partial charge in [0.25, 0.3) is 0 Å². The normalized spacial score (nSPS) is 14.2. The lowest BCUT2D eigenvalue weighted by atomic mass is 9.64. The number of anilines is 3. The highest BCUT2D eigenvalue weighted by molar-refractivity contribution is 5.95. The van der Waals surface area contributed by atoms with E-state index in [4.69, 9.17) is 4.74 Å². The number of ether oxygens (including phenoxy) is 1. The molecule has 2 aliphatic rings. The molecule has 0 amide bonds. The third-order valence-electron chi connectivity index (χ3n) is 7.38. The molecular weight excluding hydrogens is 414 g/mol. The third kappa shape index (κ3) is 2.35. The number of fused-ring (bicyclic) bond motifs is 9. The Hall–Kier alpha value is -4.30. The summed E-state index contributed by atoms with van der Waals surface area (Å²) in [5.41, 5.74) is 11.1. The van der Waals surface area contributed by atoms with E-state index in [2.05, 4.69) is 114 Å². The van der Waals surface area contributed by atoms with Crippen LogP contribution in [0.1, 0.15) is 22.3 Å². The molecule has 2 nitrogen and oxygen atoms in total. The van der Waals surface area contributed by atoms with Gasteiger partial charge < -0.3 is 9.64 Å². The fourth-order valence-corrected chi connectivity index (χ4v) is 6.07. The number of methoxy groups -OCH3 is 1. The second-order valence-electron chi connectivity index (χ2n) is 8.91. The molecule has 5 aromatic carbocycles. The van der Waals surface area contributed by atoms with E-state index in [1.165, 1.54) is 44.8 Å². The Kier molecular flexibility index (Phi) is 4.01. The molecule has 0 radical (unpaired) electrons. The highest BCUT2D eigenvalue weighted by Gasteiger charge is 2.51. The lowest BCUT2D eigenvalue weighted by Gasteiger charge is -2.45. The van der Waals surface area contributed by atoms with Crippen molar-refractivity contribution in [3.63, 3.8) is 0 Å². The Morgan fingerprint density at radius 1 is 0.500 bits per heavy atom. The zero-order valence-corrected chi connectivity index (χ0v) is 18.9. The van der Waals surface area contributed by atoms with Gasteiger partial charge in [-0.1, -0.05) is 84.9 Å². The first kappa shape index (κ1) is 19.2. The average molecular weight is 438 g/mol. The second kappa shape index (κ2) is 7.10. The molecule has 1 spiro atoms. The van der Waals surface area contributed by atoms with Gasteiger partial charge in [0, 0.05) is 5.69 Å². The summed E-state index contributed by atoms with van der Waals surface area (Å²) in [5.74, 6) is 0.859. The highest BCUT2D eigenvalue weighted by Crippen LogP contribution is 2.63. The minimum Gasteiger partial charge on any atom is -0.497 e. The molecule has 1 aliphatic heterocycles. The molecule has 0 aromatic heterocycles. The fraction of sp³-hybridized carbons (Fsp3) is 0.0625. The minimum atomic E-state index is -0.358. The summed E-state index contributed by atoms with van der Waals surface area (Å²) in [5, 5.41) is 0. The van der Waals surface area contributed by atoms with Crippen LogP contribution in [-0.2, 0) is 5.41 Å². The van der Waals surface area contributed by atoms with Gasteiger partial charge in [-0.25, -0.2) is 0 Å². The van der Waals surface area contributed by atoms with E-state index < -0.39 is 0 Å². The Morgan fingerprint density at radius 3 is 1.44 bits per heavy atom. The molecule has 0 unspecified atom stereocenters. The van der Waals surface area contributed by atoms with Gasteiger partial charge in [0.15, 0.2) is 0 Å². The number of para-hydroxylation sites is 2. The zero-order valence-electron chi connectivity index (χ0n) is 18.9. The van der Waals surface area contributed by atoms with Gasteiger partial charge in [0.05, 0.1) is 23.9 Å².